The zero-order valence-electron chi connectivity index (χ0n) is 23.6. The third kappa shape index (κ3) is 4.55. The molecule has 5 nitrogen and oxygen atoms in total. The molecule has 4 aliphatic rings. The highest BCUT2D eigenvalue weighted by Gasteiger charge is 2.62. The van der Waals surface area contributed by atoms with E-state index in [1.54, 1.807) is 0 Å². The summed E-state index contributed by atoms with van der Waals surface area (Å²) in [5.41, 5.74) is 5.87. The maximum Gasteiger partial charge on any atom is 0.185 e. The highest BCUT2D eigenvalue weighted by molar-refractivity contribution is 5.87. The lowest BCUT2D eigenvalue weighted by molar-refractivity contribution is -0.163. The Morgan fingerprint density at radius 3 is 2.61 bits per heavy atom. The molecule has 1 aromatic carbocycles. The van der Waals surface area contributed by atoms with Gasteiger partial charge in [0.15, 0.2) is 17.4 Å². The molecule has 7 heteroatoms. The van der Waals surface area contributed by atoms with Gasteiger partial charge >= 0.3 is 0 Å². The summed E-state index contributed by atoms with van der Waals surface area (Å²) in [6.45, 7) is 9.72. The fraction of sp³-hybridized carbons (Fsp3) is 0.774. The molecule has 0 aliphatic heterocycles. The van der Waals surface area contributed by atoms with Gasteiger partial charge < -0.3 is 10.5 Å². The standard InChI is InChI=1S/C31H47F2N3O2/c1-18(2)38-17-31-14-11-19(3)15-20(31)5-6-21-22-7-8-24(30(22,4)13-12-23(21)31)27(37)16-36(35)29-26(34)10-9-25(32)28(29)33/h9-10,18-24H,5-8,11-17,34-35H2,1-4H3. The number of nitrogens with zero attached hydrogens (tertiary/aromatic N) is 1. The number of rotatable bonds is 7. The van der Waals surface area contributed by atoms with Crippen LogP contribution in [0.3, 0.4) is 0 Å². The van der Waals surface area contributed by atoms with Gasteiger partial charge in [-0.05, 0) is 118 Å². The minimum absolute atomic E-state index is 0.0112. The lowest BCUT2D eigenvalue weighted by Gasteiger charge is -2.62. The Morgan fingerprint density at radius 1 is 1.11 bits per heavy atom. The van der Waals surface area contributed by atoms with Crippen molar-refractivity contribution >= 4 is 17.2 Å². The smallest absolute Gasteiger partial charge is 0.185 e. The van der Waals surface area contributed by atoms with Gasteiger partial charge in [-0.1, -0.05) is 20.3 Å². The van der Waals surface area contributed by atoms with Crippen LogP contribution < -0.4 is 16.6 Å². The molecule has 5 rings (SSSR count). The molecule has 1 aromatic rings. The van der Waals surface area contributed by atoms with E-state index < -0.39 is 11.6 Å². The van der Waals surface area contributed by atoms with Crippen LogP contribution in [-0.4, -0.2) is 25.0 Å². The van der Waals surface area contributed by atoms with Crippen molar-refractivity contribution in [3.8, 4) is 0 Å². The van der Waals surface area contributed by atoms with Gasteiger partial charge in [-0.15, -0.1) is 0 Å². The first-order chi connectivity index (χ1) is 18.0. The molecule has 4 fully saturated rings. The monoisotopic (exact) mass is 531 g/mol. The van der Waals surface area contributed by atoms with Gasteiger partial charge in [0.25, 0.3) is 0 Å². The van der Waals surface area contributed by atoms with E-state index in [1.807, 2.05) is 0 Å². The quantitative estimate of drug-likeness (QED) is 0.239. The van der Waals surface area contributed by atoms with E-state index in [1.165, 1.54) is 38.2 Å². The van der Waals surface area contributed by atoms with Gasteiger partial charge in [0.2, 0.25) is 0 Å². The fourth-order valence-corrected chi connectivity index (χ4v) is 9.60. The average Bonchev–Trinajstić information content (AvgIpc) is 3.22. The van der Waals surface area contributed by atoms with Crippen LogP contribution in [-0.2, 0) is 9.53 Å². The number of ketones is 1. The Balaban J connectivity index is 1.35. The van der Waals surface area contributed by atoms with Crippen molar-refractivity contribution in [3.63, 3.8) is 0 Å². The van der Waals surface area contributed by atoms with E-state index >= 15 is 0 Å². The number of fused-ring (bicyclic) bond motifs is 5. The number of carbonyl (C=O) groups is 1. The summed E-state index contributed by atoms with van der Waals surface area (Å²) in [5, 5.41) is 1.01. The van der Waals surface area contributed by atoms with E-state index in [-0.39, 0.29) is 46.6 Å². The Hall–Kier alpha value is -1.73. The summed E-state index contributed by atoms with van der Waals surface area (Å²) in [7, 11) is 0. The Kier molecular flexibility index (Phi) is 7.58. The van der Waals surface area contributed by atoms with Crippen molar-refractivity contribution in [2.45, 2.75) is 91.6 Å². The number of halogens is 2. The average molecular weight is 532 g/mol. The van der Waals surface area contributed by atoms with Gasteiger partial charge in [-0.3, -0.25) is 9.80 Å². The van der Waals surface area contributed by atoms with Gasteiger partial charge in [-0.25, -0.2) is 14.6 Å². The second-order valence-corrected chi connectivity index (χ2v) is 13.7. The van der Waals surface area contributed by atoms with E-state index in [2.05, 4.69) is 27.7 Å². The molecule has 0 amide bonds. The molecule has 0 radical (unpaired) electrons. The van der Waals surface area contributed by atoms with E-state index in [0.29, 0.717) is 17.8 Å². The second kappa shape index (κ2) is 10.3. The van der Waals surface area contributed by atoms with Crippen LogP contribution in [0.2, 0.25) is 0 Å². The summed E-state index contributed by atoms with van der Waals surface area (Å²) in [6.07, 6.45) is 10.7. The number of carbonyl (C=O) groups excluding carboxylic acids is 1. The van der Waals surface area contributed by atoms with Crippen LogP contribution >= 0.6 is 0 Å². The molecule has 8 atom stereocenters. The molecule has 212 valence electrons. The summed E-state index contributed by atoms with van der Waals surface area (Å²) >= 11 is 0. The number of benzene rings is 1. The fourth-order valence-electron chi connectivity index (χ4n) is 9.60. The van der Waals surface area contributed by atoms with Crippen LogP contribution in [0.5, 0.6) is 0 Å². The third-order valence-electron chi connectivity index (χ3n) is 11.4. The van der Waals surface area contributed by atoms with Crippen molar-refractivity contribution in [2.75, 3.05) is 23.9 Å². The minimum Gasteiger partial charge on any atom is -0.397 e. The molecule has 4 N–H and O–H groups in total. The van der Waals surface area contributed by atoms with Gasteiger partial charge in [-0.2, -0.15) is 0 Å². The molecule has 4 saturated carbocycles. The van der Waals surface area contributed by atoms with Gasteiger partial charge in [0.1, 0.15) is 5.69 Å². The normalized spacial score (nSPS) is 38.4. The van der Waals surface area contributed by atoms with Crippen molar-refractivity contribution < 1.29 is 18.3 Å². The minimum atomic E-state index is -1.11. The first kappa shape index (κ1) is 27.8. The van der Waals surface area contributed by atoms with E-state index in [9.17, 15) is 13.6 Å². The Bertz CT molecular complexity index is 1050. The largest absolute Gasteiger partial charge is 0.397 e. The SMILES string of the molecule is CC1CCC2(COC(C)C)C(CCC3C4CCC(C(=O)CN(N)c5c(N)ccc(F)c5F)C4(C)CCC32)C1. The second-order valence-electron chi connectivity index (χ2n) is 13.7. The number of Topliss-reactive ketones (excluding diaryl/α,β-unsaturated/α-hetero) is 1. The molecule has 8 unspecified atom stereocenters. The molecular weight excluding hydrogens is 484 g/mol. The summed E-state index contributed by atoms with van der Waals surface area (Å²) in [6, 6.07) is 2.26. The first-order valence-corrected chi connectivity index (χ1v) is 14.9. The molecular formula is C31H47F2N3O2. The summed E-state index contributed by atoms with van der Waals surface area (Å²) < 4.78 is 34.7. The van der Waals surface area contributed by atoms with Crippen LogP contribution in [0.25, 0.3) is 0 Å². The number of nitrogens with two attached hydrogens (primary N) is 2. The van der Waals surface area contributed by atoms with E-state index in [4.69, 9.17) is 16.3 Å². The number of anilines is 2. The van der Waals surface area contributed by atoms with Crippen LogP contribution in [0.1, 0.15) is 85.5 Å². The number of hydrazine groups is 1. The maximum absolute atomic E-state index is 14.5. The molecule has 0 bridgehead atoms. The highest BCUT2D eigenvalue weighted by atomic mass is 19.2. The molecule has 38 heavy (non-hydrogen) atoms. The third-order valence-corrected chi connectivity index (χ3v) is 11.4. The zero-order chi connectivity index (χ0) is 27.4. The predicted octanol–water partition coefficient (Wildman–Crippen LogP) is 6.50. The maximum atomic E-state index is 14.5. The number of hydrogen-bond donors (Lipinski definition) is 2. The number of nitrogen functional groups attached to an aromatic ring is 1. The Morgan fingerprint density at radius 2 is 1.87 bits per heavy atom. The molecule has 0 heterocycles. The predicted molar refractivity (Wildman–Crippen MR) is 147 cm³/mol. The van der Waals surface area contributed by atoms with E-state index in [0.717, 1.165) is 55.2 Å². The summed E-state index contributed by atoms with van der Waals surface area (Å²) in [4.78, 5) is 13.7. The van der Waals surface area contributed by atoms with Crippen molar-refractivity contribution in [2.24, 2.45) is 52.2 Å². The van der Waals surface area contributed by atoms with Crippen molar-refractivity contribution in [3.05, 3.63) is 23.8 Å². The lowest BCUT2D eigenvalue weighted by atomic mass is 9.44. The molecule has 0 spiro atoms. The van der Waals surface area contributed by atoms with Crippen LogP contribution in [0.15, 0.2) is 12.1 Å². The lowest BCUT2D eigenvalue weighted by Crippen LogP contribution is -2.57. The van der Waals surface area contributed by atoms with Crippen molar-refractivity contribution in [1.82, 2.24) is 0 Å². The van der Waals surface area contributed by atoms with Gasteiger partial charge in [0.05, 0.1) is 24.9 Å². The zero-order valence-corrected chi connectivity index (χ0v) is 23.6. The molecule has 0 aromatic heterocycles. The topological polar surface area (TPSA) is 81.6 Å². The van der Waals surface area contributed by atoms with Crippen LogP contribution in [0.4, 0.5) is 20.2 Å². The Labute approximate surface area is 227 Å². The first-order valence-electron chi connectivity index (χ1n) is 14.9. The molecule has 4 aliphatic carbocycles. The van der Waals surface area contributed by atoms with Gasteiger partial charge in [0, 0.05) is 5.92 Å². The van der Waals surface area contributed by atoms with Crippen LogP contribution in [0, 0.1) is 58.0 Å². The highest BCUT2D eigenvalue weighted by Crippen LogP contribution is 2.68. The van der Waals surface area contributed by atoms with Crippen molar-refractivity contribution in [1.29, 1.82) is 0 Å². The molecule has 0 saturated heterocycles. The number of ether oxygens (including phenoxy) is 1. The summed E-state index contributed by atoms with van der Waals surface area (Å²) in [5.74, 6) is 7.21. The number of hydrogen-bond acceptors (Lipinski definition) is 5.